The number of carbonyl (C=O) groups excluding carboxylic acids is 4. The van der Waals surface area contributed by atoms with Crippen LogP contribution in [0.1, 0.15) is 203 Å². The molecule has 0 aliphatic carbocycles. The first-order valence-electron chi connectivity index (χ1n) is 33.4. The Hall–Kier alpha value is -6.48. The van der Waals surface area contributed by atoms with Crippen molar-refractivity contribution in [2.24, 2.45) is 0 Å². The molecule has 11 atom stereocenters. The average molecular weight is 1220 g/mol. The number of hydrogen-bond acceptors (Lipinski definition) is 13. The van der Waals surface area contributed by atoms with Crippen LogP contribution in [0.15, 0.2) is 139 Å². The van der Waals surface area contributed by atoms with Crippen LogP contribution in [0.3, 0.4) is 0 Å². The fourth-order valence-electron chi connectivity index (χ4n) is 13.5. The first kappa shape index (κ1) is 66.9. The number of ether oxygens (including phenoxy) is 9. The lowest BCUT2D eigenvalue weighted by Crippen LogP contribution is -2.37. The Kier molecular flexibility index (Phi) is 26.0. The second-order valence-corrected chi connectivity index (χ2v) is 24.9. The molecule has 3 aliphatic rings. The van der Waals surface area contributed by atoms with E-state index >= 15 is 0 Å². The van der Waals surface area contributed by atoms with E-state index in [2.05, 4.69) is 13.0 Å². The summed E-state index contributed by atoms with van der Waals surface area (Å²) in [6.45, 7) is 4.09. The highest BCUT2D eigenvalue weighted by molar-refractivity contribution is 5.91. The van der Waals surface area contributed by atoms with Gasteiger partial charge in [0.15, 0.2) is 18.3 Å². The topological polar surface area (TPSA) is 151 Å². The molecular weight excluding hydrogens is 1120 g/mol. The van der Waals surface area contributed by atoms with E-state index in [0.717, 1.165) is 126 Å². The molecule has 3 aliphatic heterocycles. The summed E-state index contributed by atoms with van der Waals surface area (Å²) >= 11 is 0. The molecule has 0 unspecified atom stereocenters. The number of unbranched alkanes of at least 4 members (excludes halogenated alkanes) is 12. The Morgan fingerprint density at radius 1 is 0.449 bits per heavy atom. The molecule has 13 heteroatoms. The van der Waals surface area contributed by atoms with Crippen LogP contribution >= 0.6 is 0 Å². The van der Waals surface area contributed by atoms with Crippen molar-refractivity contribution < 1.29 is 61.8 Å². The van der Waals surface area contributed by atoms with Crippen LogP contribution in [0, 0.1) is 0 Å². The number of hydrogen-bond donors (Lipinski definition) is 0. The molecular formula is C76H96O13. The number of methoxy groups -OCH3 is 3. The summed E-state index contributed by atoms with van der Waals surface area (Å²) in [5, 5.41) is 6.25. The summed E-state index contributed by atoms with van der Waals surface area (Å²) < 4.78 is 56.3. The van der Waals surface area contributed by atoms with E-state index < -0.39 is 54.5 Å². The summed E-state index contributed by atoms with van der Waals surface area (Å²) in [6.07, 6.45) is 18.0. The van der Waals surface area contributed by atoms with Gasteiger partial charge in [0.25, 0.3) is 0 Å². The highest BCUT2D eigenvalue weighted by Gasteiger charge is 2.44. The normalized spacial score (nSPS) is 20.4. The Morgan fingerprint density at radius 2 is 0.831 bits per heavy atom. The van der Waals surface area contributed by atoms with Crippen LogP contribution in [0.2, 0.25) is 0 Å². The zero-order chi connectivity index (χ0) is 62.3. The lowest BCUT2D eigenvalue weighted by molar-refractivity contribution is -0.177. The van der Waals surface area contributed by atoms with Crippen LogP contribution in [0.4, 0.5) is 0 Å². The average Bonchev–Trinajstić information content (AvgIpc) is 2.48. The number of rotatable bonds is 37. The Balaban J connectivity index is 0.843. The highest BCUT2D eigenvalue weighted by Crippen LogP contribution is 2.38. The van der Waals surface area contributed by atoms with Gasteiger partial charge in [-0.25, -0.2) is 19.2 Å². The van der Waals surface area contributed by atoms with Crippen molar-refractivity contribution >= 4 is 56.2 Å². The maximum atomic E-state index is 14.5. The fourth-order valence-corrected chi connectivity index (χ4v) is 13.5. The minimum Gasteiger partial charge on any atom is -0.460 e. The third-order valence-corrected chi connectivity index (χ3v) is 18.4. The van der Waals surface area contributed by atoms with Crippen molar-refractivity contribution in [3.05, 3.63) is 156 Å². The number of fused-ring (bicyclic) bond motifs is 3. The van der Waals surface area contributed by atoms with E-state index in [0.29, 0.717) is 56.9 Å². The molecule has 0 amide bonds. The lowest BCUT2D eigenvalue weighted by atomic mass is 9.98. The van der Waals surface area contributed by atoms with Gasteiger partial charge in [-0.3, -0.25) is 0 Å². The number of esters is 4. The van der Waals surface area contributed by atoms with Gasteiger partial charge in [0.05, 0.1) is 24.4 Å². The molecule has 0 saturated carbocycles. The van der Waals surface area contributed by atoms with E-state index in [1.54, 1.807) is 14.2 Å². The predicted molar refractivity (Wildman–Crippen MR) is 348 cm³/mol. The Morgan fingerprint density at radius 3 is 1.26 bits per heavy atom. The molecule has 6 aromatic carbocycles. The highest BCUT2D eigenvalue weighted by atomic mass is 16.6. The van der Waals surface area contributed by atoms with Crippen molar-refractivity contribution in [3.8, 4) is 0 Å². The Bertz CT molecular complexity index is 3240. The molecule has 0 radical (unpaired) electrons. The van der Waals surface area contributed by atoms with Crippen LogP contribution < -0.4 is 0 Å². The van der Waals surface area contributed by atoms with E-state index in [9.17, 15) is 19.2 Å². The standard InChI is InChI=1S/C76H96O13/c1-6-7-8-18-34-63(85-74(78)70(81-3)59-41-38-53-27-20-23-30-56(53)49-59)35-26-37-65(89-76(80)72(83-5)61-43-40-55-29-22-25-32-58(55)51-61)67-45-47-69(87-67)68-46-44-66(86-68)64(88-75(79)71(82-4)60-42-39-54-28-21-24-31-57(54)50-60)36-19-16-14-12-10-9-11-13-15-17-33-62-48-52(2)84-73(62)77/h20-25,27-32,38-43,48-52,63-72H,6-19,26,33-37,44-47H2,1-5H3/t52-,63-,64+,65-,66+,67+,68+,69+,70+,71+,72+/m0/s1. The van der Waals surface area contributed by atoms with Gasteiger partial charge in [0.2, 0.25) is 0 Å². The monoisotopic (exact) mass is 1220 g/mol. The molecule has 478 valence electrons. The first-order valence-corrected chi connectivity index (χ1v) is 33.4. The molecule has 0 aromatic heterocycles. The van der Waals surface area contributed by atoms with Gasteiger partial charge in [-0.05, 0) is 164 Å². The van der Waals surface area contributed by atoms with E-state index in [1.165, 1.54) is 32.8 Å². The quantitative estimate of drug-likeness (QED) is 0.0207. The maximum Gasteiger partial charge on any atom is 0.340 e. The number of cyclic esters (lactones) is 1. The van der Waals surface area contributed by atoms with Gasteiger partial charge in [0.1, 0.15) is 24.4 Å². The molecule has 6 aromatic rings. The molecule has 89 heavy (non-hydrogen) atoms. The summed E-state index contributed by atoms with van der Waals surface area (Å²) in [4.78, 5) is 54.9. The smallest absolute Gasteiger partial charge is 0.340 e. The van der Waals surface area contributed by atoms with Gasteiger partial charge >= 0.3 is 23.9 Å². The second-order valence-electron chi connectivity index (χ2n) is 24.9. The molecule has 2 fully saturated rings. The second kappa shape index (κ2) is 34.6. The molecule has 3 heterocycles. The summed E-state index contributed by atoms with van der Waals surface area (Å²) in [7, 11) is 4.62. The third kappa shape index (κ3) is 19.0. The van der Waals surface area contributed by atoms with Crippen LogP contribution in [-0.2, 0) is 61.8 Å². The van der Waals surface area contributed by atoms with Crippen LogP contribution in [0.25, 0.3) is 32.3 Å². The SMILES string of the molecule is CCCCCC[C@@H](CCC[C@H](OC(=O)[C@H](OC)c1ccc2ccccc2c1)[C@H]1CC[C@H]([C@H]2CC[C@H]([C@@H](CCCCCCCCCCCCC3=C[C@H](C)OC3=O)OC(=O)[C@H](OC)c3ccc4ccccc4c3)O2)O1)OC(=O)[C@H](OC)c1ccc2ccccc2c1. The number of carbonyl (C=O) groups is 4. The lowest BCUT2D eigenvalue weighted by Gasteiger charge is -2.29. The fraction of sp³-hybridized carbons (Fsp3) is 0.526. The molecule has 0 N–H and O–H groups in total. The maximum absolute atomic E-state index is 14.5. The molecule has 0 spiro atoms. The van der Waals surface area contributed by atoms with E-state index in [4.69, 9.17) is 42.6 Å². The van der Waals surface area contributed by atoms with E-state index in [1.807, 2.05) is 134 Å². The largest absolute Gasteiger partial charge is 0.460 e. The van der Waals surface area contributed by atoms with Crippen molar-refractivity contribution in [1.29, 1.82) is 0 Å². The van der Waals surface area contributed by atoms with Crippen molar-refractivity contribution in [1.82, 2.24) is 0 Å². The van der Waals surface area contributed by atoms with Crippen molar-refractivity contribution in [3.63, 3.8) is 0 Å². The van der Waals surface area contributed by atoms with Crippen molar-refractivity contribution in [2.45, 2.75) is 235 Å². The third-order valence-electron chi connectivity index (χ3n) is 18.4. The van der Waals surface area contributed by atoms with Crippen LogP contribution in [-0.4, -0.2) is 94.0 Å². The molecule has 9 rings (SSSR count). The predicted octanol–water partition coefficient (Wildman–Crippen LogP) is 17.1. The van der Waals surface area contributed by atoms with Gasteiger partial charge in [-0.2, -0.15) is 0 Å². The molecule has 0 bridgehead atoms. The number of benzene rings is 6. The van der Waals surface area contributed by atoms with Gasteiger partial charge in [-0.1, -0.05) is 187 Å². The molecule has 2 saturated heterocycles. The van der Waals surface area contributed by atoms with Crippen LogP contribution in [0.5, 0.6) is 0 Å². The minimum absolute atomic E-state index is 0.105. The summed E-state index contributed by atoms with van der Waals surface area (Å²) in [5.41, 5.74) is 3.00. The van der Waals surface area contributed by atoms with Gasteiger partial charge < -0.3 is 42.6 Å². The van der Waals surface area contributed by atoms with Crippen molar-refractivity contribution in [2.75, 3.05) is 21.3 Å². The zero-order valence-corrected chi connectivity index (χ0v) is 53.3. The first-order chi connectivity index (χ1) is 43.5. The Labute approximate surface area is 527 Å². The van der Waals surface area contributed by atoms with E-state index in [-0.39, 0.29) is 36.5 Å². The summed E-state index contributed by atoms with van der Waals surface area (Å²) in [5.74, 6) is -1.51. The summed E-state index contributed by atoms with van der Waals surface area (Å²) in [6, 6.07) is 41.9. The van der Waals surface area contributed by atoms with Gasteiger partial charge in [-0.15, -0.1) is 0 Å². The zero-order valence-electron chi connectivity index (χ0n) is 53.3. The minimum atomic E-state index is -0.967. The molecule has 13 nitrogen and oxygen atoms in total. The van der Waals surface area contributed by atoms with Gasteiger partial charge in [0, 0.05) is 26.9 Å².